The molecule has 1 heteroatoms. The van der Waals surface area contributed by atoms with Crippen molar-refractivity contribution in [2.75, 3.05) is 0 Å². The number of carbonyl (C=O) groups excluding carboxylic acids is 1. The molecule has 0 saturated carbocycles. The number of hydrogen-bond donors (Lipinski definition) is 0. The maximum atomic E-state index is 11.2. The lowest BCUT2D eigenvalue weighted by molar-refractivity contribution is -0.120. The summed E-state index contributed by atoms with van der Waals surface area (Å²) in [7, 11) is 0. The molecule has 0 radical (unpaired) electrons. The summed E-state index contributed by atoms with van der Waals surface area (Å²) in [6.45, 7) is 8.45. The van der Waals surface area contributed by atoms with Crippen LogP contribution < -0.4 is 0 Å². The first-order chi connectivity index (χ1) is 5.06. The van der Waals surface area contributed by atoms with Crippen LogP contribution in [0.3, 0.4) is 0 Å². The minimum Gasteiger partial charge on any atom is -0.300 e. The van der Waals surface area contributed by atoms with E-state index in [1.165, 1.54) is 0 Å². The zero-order valence-corrected chi connectivity index (χ0v) is 8.18. The molecule has 0 aliphatic heterocycles. The van der Waals surface area contributed by atoms with E-state index in [0.717, 1.165) is 19.3 Å². The predicted octanol–water partition coefficient (Wildman–Crippen LogP) is 3.04. The van der Waals surface area contributed by atoms with E-state index in [-0.39, 0.29) is 0 Å². The quantitative estimate of drug-likeness (QED) is 0.598. The average molecular weight is 156 g/mol. The molecular formula is C10H20O. The Morgan fingerprint density at radius 3 is 2.09 bits per heavy atom. The van der Waals surface area contributed by atoms with Gasteiger partial charge in [-0.2, -0.15) is 0 Å². The van der Waals surface area contributed by atoms with Gasteiger partial charge in [-0.1, -0.05) is 34.1 Å². The van der Waals surface area contributed by atoms with E-state index in [9.17, 15) is 4.79 Å². The molecule has 0 aromatic heterocycles. The van der Waals surface area contributed by atoms with E-state index in [2.05, 4.69) is 27.7 Å². The van der Waals surface area contributed by atoms with Gasteiger partial charge in [0.15, 0.2) is 0 Å². The normalized spacial score (nSPS) is 13.5. The summed E-state index contributed by atoms with van der Waals surface area (Å²) in [5.74, 6) is 1.52. The highest BCUT2D eigenvalue weighted by atomic mass is 16.1. The van der Waals surface area contributed by atoms with Crippen molar-refractivity contribution in [1.29, 1.82) is 0 Å². The number of hydrogen-bond acceptors (Lipinski definition) is 1. The van der Waals surface area contributed by atoms with Crippen molar-refractivity contribution in [1.82, 2.24) is 0 Å². The molecule has 1 atom stereocenters. The third-order valence-electron chi connectivity index (χ3n) is 1.91. The summed E-state index contributed by atoms with van der Waals surface area (Å²) < 4.78 is 0. The largest absolute Gasteiger partial charge is 0.300 e. The van der Waals surface area contributed by atoms with E-state index in [1.54, 1.807) is 0 Å². The van der Waals surface area contributed by atoms with Crippen LogP contribution in [0.1, 0.15) is 47.0 Å². The van der Waals surface area contributed by atoms with Gasteiger partial charge in [0.05, 0.1) is 0 Å². The highest BCUT2D eigenvalue weighted by Crippen LogP contribution is 2.11. The Balaban J connectivity index is 3.52. The Bertz CT molecular complexity index is 116. The van der Waals surface area contributed by atoms with Crippen molar-refractivity contribution in [3.05, 3.63) is 0 Å². The fourth-order valence-electron chi connectivity index (χ4n) is 1.07. The van der Waals surface area contributed by atoms with Crippen LogP contribution in [-0.2, 0) is 4.79 Å². The SMILES string of the molecule is CC[C@@H](C)CC(=O)CC(C)C. The maximum Gasteiger partial charge on any atom is 0.133 e. The van der Waals surface area contributed by atoms with Gasteiger partial charge in [-0.3, -0.25) is 4.79 Å². The molecule has 0 N–H and O–H groups in total. The van der Waals surface area contributed by atoms with Crippen LogP contribution in [0, 0.1) is 11.8 Å². The van der Waals surface area contributed by atoms with Crippen molar-refractivity contribution in [3.63, 3.8) is 0 Å². The lowest BCUT2D eigenvalue weighted by atomic mass is 9.97. The van der Waals surface area contributed by atoms with Crippen LogP contribution in [0.4, 0.5) is 0 Å². The second-order valence-corrected chi connectivity index (χ2v) is 3.85. The lowest BCUT2D eigenvalue weighted by Crippen LogP contribution is -2.07. The number of carbonyl (C=O) groups is 1. The Hall–Kier alpha value is -0.330. The number of ketones is 1. The minimum atomic E-state index is 0.425. The molecule has 0 aliphatic rings. The molecule has 66 valence electrons. The first kappa shape index (κ1) is 10.7. The van der Waals surface area contributed by atoms with Crippen LogP contribution >= 0.6 is 0 Å². The van der Waals surface area contributed by atoms with Crippen molar-refractivity contribution in [2.24, 2.45) is 11.8 Å². The van der Waals surface area contributed by atoms with Gasteiger partial charge in [-0.05, 0) is 11.8 Å². The lowest BCUT2D eigenvalue weighted by Gasteiger charge is -2.08. The molecule has 0 aliphatic carbocycles. The van der Waals surface area contributed by atoms with Gasteiger partial charge in [0, 0.05) is 12.8 Å². The Labute approximate surface area is 70.2 Å². The van der Waals surface area contributed by atoms with Gasteiger partial charge in [-0.25, -0.2) is 0 Å². The van der Waals surface area contributed by atoms with Crippen LogP contribution in [-0.4, -0.2) is 5.78 Å². The van der Waals surface area contributed by atoms with Crippen LogP contribution in [0.2, 0.25) is 0 Å². The molecule has 11 heavy (non-hydrogen) atoms. The van der Waals surface area contributed by atoms with Crippen LogP contribution in [0.5, 0.6) is 0 Å². The highest BCUT2D eigenvalue weighted by molar-refractivity contribution is 5.78. The molecule has 0 aromatic carbocycles. The van der Waals surface area contributed by atoms with E-state index in [4.69, 9.17) is 0 Å². The van der Waals surface area contributed by atoms with Gasteiger partial charge in [0.1, 0.15) is 5.78 Å². The molecule has 0 amide bonds. The van der Waals surface area contributed by atoms with E-state index >= 15 is 0 Å². The molecule has 0 aromatic rings. The zero-order valence-electron chi connectivity index (χ0n) is 8.18. The van der Waals surface area contributed by atoms with Gasteiger partial charge in [-0.15, -0.1) is 0 Å². The van der Waals surface area contributed by atoms with Crippen LogP contribution in [0.15, 0.2) is 0 Å². The topological polar surface area (TPSA) is 17.1 Å². The number of Topliss-reactive ketones (excluding diaryl/α,β-unsaturated/α-hetero) is 1. The molecule has 0 unspecified atom stereocenters. The zero-order chi connectivity index (χ0) is 8.85. The first-order valence-corrected chi connectivity index (χ1v) is 4.58. The van der Waals surface area contributed by atoms with Crippen LogP contribution in [0.25, 0.3) is 0 Å². The predicted molar refractivity (Wildman–Crippen MR) is 48.5 cm³/mol. The average Bonchev–Trinajstić information content (AvgIpc) is 1.85. The second-order valence-electron chi connectivity index (χ2n) is 3.85. The molecule has 0 rings (SSSR count). The number of rotatable bonds is 5. The molecule has 0 fully saturated rings. The maximum absolute atomic E-state index is 11.2. The van der Waals surface area contributed by atoms with E-state index in [1.807, 2.05) is 0 Å². The fraction of sp³-hybridized carbons (Fsp3) is 0.900. The van der Waals surface area contributed by atoms with Gasteiger partial charge >= 0.3 is 0 Å². The second kappa shape index (κ2) is 5.34. The van der Waals surface area contributed by atoms with Gasteiger partial charge in [0.2, 0.25) is 0 Å². The smallest absolute Gasteiger partial charge is 0.133 e. The first-order valence-electron chi connectivity index (χ1n) is 4.58. The third-order valence-corrected chi connectivity index (χ3v) is 1.91. The summed E-state index contributed by atoms with van der Waals surface area (Å²) >= 11 is 0. The standard InChI is InChI=1S/C10H20O/c1-5-9(4)7-10(11)6-8(2)3/h8-9H,5-7H2,1-4H3/t9-/m1/s1. The fourth-order valence-corrected chi connectivity index (χ4v) is 1.07. The van der Waals surface area contributed by atoms with Gasteiger partial charge < -0.3 is 0 Å². The van der Waals surface area contributed by atoms with E-state index in [0.29, 0.717) is 17.6 Å². The molecular weight excluding hydrogens is 136 g/mol. The van der Waals surface area contributed by atoms with Gasteiger partial charge in [0.25, 0.3) is 0 Å². The molecule has 1 nitrogen and oxygen atoms in total. The Morgan fingerprint density at radius 1 is 1.18 bits per heavy atom. The summed E-state index contributed by atoms with van der Waals surface area (Å²) in [6.07, 6.45) is 2.64. The summed E-state index contributed by atoms with van der Waals surface area (Å²) in [6, 6.07) is 0. The van der Waals surface area contributed by atoms with Crippen molar-refractivity contribution in [3.8, 4) is 0 Å². The third kappa shape index (κ3) is 6.08. The van der Waals surface area contributed by atoms with Crippen molar-refractivity contribution in [2.45, 2.75) is 47.0 Å². The molecule has 0 saturated heterocycles. The Kier molecular flexibility index (Phi) is 5.18. The van der Waals surface area contributed by atoms with Crippen molar-refractivity contribution < 1.29 is 4.79 Å². The summed E-state index contributed by atoms with van der Waals surface area (Å²) in [5.41, 5.74) is 0. The Morgan fingerprint density at radius 2 is 1.73 bits per heavy atom. The highest BCUT2D eigenvalue weighted by Gasteiger charge is 2.08. The summed E-state index contributed by atoms with van der Waals surface area (Å²) in [5, 5.41) is 0. The monoisotopic (exact) mass is 156 g/mol. The van der Waals surface area contributed by atoms with E-state index < -0.39 is 0 Å². The minimum absolute atomic E-state index is 0.425. The molecule has 0 bridgehead atoms. The summed E-state index contributed by atoms with van der Waals surface area (Å²) in [4.78, 5) is 11.2. The molecule has 0 spiro atoms. The van der Waals surface area contributed by atoms with Crippen molar-refractivity contribution >= 4 is 5.78 Å². The molecule has 0 heterocycles.